The van der Waals surface area contributed by atoms with Crippen LogP contribution in [0.3, 0.4) is 0 Å². The molecule has 13 heteroatoms. The number of aromatic nitrogens is 1. The molecule has 1 aliphatic heterocycles. The molecule has 3 aromatic rings. The number of benzene rings is 2. The Bertz CT molecular complexity index is 1490. The van der Waals surface area contributed by atoms with E-state index in [0.717, 1.165) is 4.90 Å². The molecule has 2 heterocycles. The first kappa shape index (κ1) is 32.2. The third-order valence-corrected chi connectivity index (χ3v) is 7.75. The molecule has 0 spiro atoms. The molecule has 1 saturated heterocycles. The van der Waals surface area contributed by atoms with Gasteiger partial charge in [-0.15, -0.1) is 0 Å². The van der Waals surface area contributed by atoms with E-state index in [9.17, 15) is 45.7 Å². The van der Waals surface area contributed by atoms with Crippen LogP contribution in [0, 0.1) is 12.7 Å². The van der Waals surface area contributed by atoms with Crippen molar-refractivity contribution >= 4 is 17.4 Å². The molecule has 2 atom stereocenters. The maximum absolute atomic E-state index is 14.0. The van der Waals surface area contributed by atoms with Gasteiger partial charge in [-0.3, -0.25) is 4.79 Å². The van der Waals surface area contributed by atoms with E-state index < -0.39 is 58.3 Å². The summed E-state index contributed by atoms with van der Waals surface area (Å²) < 4.78 is 95.4. The molecule has 0 bridgehead atoms. The topological polar surface area (TPSA) is 76.9 Å². The molecule has 43 heavy (non-hydrogen) atoms. The number of halogens is 7. The summed E-state index contributed by atoms with van der Waals surface area (Å²) in [6.45, 7) is 3.98. The molecule has 232 valence electrons. The molecule has 2 aromatic carbocycles. The zero-order valence-corrected chi connectivity index (χ0v) is 23.7. The quantitative estimate of drug-likeness (QED) is 0.329. The Morgan fingerprint density at radius 3 is 2.09 bits per heavy atom. The van der Waals surface area contributed by atoms with Crippen LogP contribution in [-0.2, 0) is 22.6 Å². The Balaban J connectivity index is 1.84. The Kier molecular flexibility index (Phi) is 8.55. The van der Waals surface area contributed by atoms with Crippen LogP contribution in [-0.4, -0.2) is 53.4 Å². The van der Waals surface area contributed by atoms with Crippen LogP contribution in [0.5, 0.6) is 0 Å². The highest BCUT2D eigenvalue weighted by atomic mass is 19.4. The highest BCUT2D eigenvalue weighted by Crippen LogP contribution is 2.41. The molecule has 0 saturated carbocycles. The minimum Gasteiger partial charge on any atom is -0.394 e. The summed E-state index contributed by atoms with van der Waals surface area (Å²) in [5.41, 5.74) is -3.96. The van der Waals surface area contributed by atoms with Crippen molar-refractivity contribution in [3.8, 4) is 11.1 Å². The number of likely N-dealkylation sites (N-methyl/N-ethyl adjacent to an activating group) is 1. The second-order valence-corrected chi connectivity index (χ2v) is 11.2. The summed E-state index contributed by atoms with van der Waals surface area (Å²) in [6.07, 6.45) is -9.32. The SMILES string of the molecule is Cc1cc(F)ccc1-c1cc(N2C[C@H](O)C[C@H]2CO)ncc1N(C)C(=O)C(C)(C)c1cc(C(F)(F)F)cc(C(F)(F)F)c1. The number of rotatable bonds is 6. The van der Waals surface area contributed by atoms with Gasteiger partial charge < -0.3 is 20.0 Å². The number of β-amino-alcohol motifs (C(OH)–C–C–N with tert-alkyl or cyclic N) is 1. The summed E-state index contributed by atoms with van der Waals surface area (Å²) in [5, 5.41) is 20.0. The summed E-state index contributed by atoms with van der Waals surface area (Å²) in [4.78, 5) is 21.1. The fraction of sp³-hybridized carbons (Fsp3) is 0.400. The Morgan fingerprint density at radius 1 is 0.977 bits per heavy atom. The largest absolute Gasteiger partial charge is 0.416 e. The number of carbonyl (C=O) groups is 1. The maximum Gasteiger partial charge on any atom is 0.416 e. The summed E-state index contributed by atoms with van der Waals surface area (Å²) in [7, 11) is 1.32. The molecule has 1 fully saturated rings. The van der Waals surface area contributed by atoms with Gasteiger partial charge >= 0.3 is 12.4 Å². The molecular weight excluding hydrogens is 583 g/mol. The lowest BCUT2D eigenvalue weighted by Crippen LogP contribution is -2.42. The average molecular weight is 614 g/mol. The fourth-order valence-corrected chi connectivity index (χ4v) is 5.32. The molecule has 1 amide bonds. The van der Waals surface area contributed by atoms with Crippen LogP contribution in [0.2, 0.25) is 0 Å². The van der Waals surface area contributed by atoms with E-state index in [4.69, 9.17) is 0 Å². The molecule has 1 aliphatic rings. The molecule has 1 aromatic heterocycles. The number of aryl methyl sites for hydroxylation is 1. The minimum atomic E-state index is -5.09. The van der Waals surface area contributed by atoms with Gasteiger partial charge in [-0.2, -0.15) is 26.3 Å². The number of pyridine rings is 1. The lowest BCUT2D eigenvalue weighted by Gasteiger charge is -2.32. The van der Waals surface area contributed by atoms with Crippen molar-refractivity contribution in [2.45, 2.75) is 57.1 Å². The van der Waals surface area contributed by atoms with E-state index in [1.54, 1.807) is 17.9 Å². The highest BCUT2D eigenvalue weighted by Gasteiger charge is 2.41. The van der Waals surface area contributed by atoms with Gasteiger partial charge in [0.1, 0.15) is 11.6 Å². The summed E-state index contributed by atoms with van der Waals surface area (Å²) in [5.74, 6) is -1.01. The van der Waals surface area contributed by atoms with E-state index in [1.807, 2.05) is 0 Å². The van der Waals surface area contributed by atoms with Gasteiger partial charge in [0.15, 0.2) is 0 Å². The van der Waals surface area contributed by atoms with Crippen molar-refractivity contribution in [2.75, 3.05) is 30.0 Å². The van der Waals surface area contributed by atoms with Crippen molar-refractivity contribution in [1.82, 2.24) is 4.98 Å². The second kappa shape index (κ2) is 11.4. The number of nitrogens with zero attached hydrogens (tertiary/aromatic N) is 3. The molecule has 0 unspecified atom stereocenters. The maximum atomic E-state index is 14.0. The number of hydrogen-bond acceptors (Lipinski definition) is 5. The Labute approximate surface area is 243 Å². The first-order valence-corrected chi connectivity index (χ1v) is 13.2. The number of aliphatic hydroxyl groups is 2. The number of alkyl halides is 6. The van der Waals surface area contributed by atoms with E-state index in [0.29, 0.717) is 34.6 Å². The standard InChI is InChI=1S/C30H30F7N3O3/c1-16-7-20(31)5-6-23(16)24-12-26(40-14-22(42)11-21(40)15-41)38-13-25(24)39(4)27(43)28(2,3)17-8-18(29(32,33)34)10-19(9-17)30(35,36)37/h5-10,12-13,21-22,41-42H,11,14-15H2,1-4H3/t21-,22+/m0/s1. The number of anilines is 2. The normalized spacial score (nSPS) is 17.8. The van der Waals surface area contributed by atoms with E-state index in [-0.39, 0.29) is 31.3 Å². The average Bonchev–Trinajstić information content (AvgIpc) is 3.31. The third-order valence-electron chi connectivity index (χ3n) is 7.75. The van der Waals surface area contributed by atoms with Gasteiger partial charge in [0, 0.05) is 19.2 Å². The van der Waals surface area contributed by atoms with Crippen molar-refractivity contribution < 1.29 is 45.7 Å². The van der Waals surface area contributed by atoms with Gasteiger partial charge in [-0.1, -0.05) is 6.07 Å². The van der Waals surface area contributed by atoms with Crippen LogP contribution in [0.4, 0.5) is 42.2 Å². The molecule has 2 N–H and O–H groups in total. The van der Waals surface area contributed by atoms with E-state index in [2.05, 4.69) is 4.98 Å². The zero-order valence-electron chi connectivity index (χ0n) is 23.7. The fourth-order valence-electron chi connectivity index (χ4n) is 5.32. The van der Waals surface area contributed by atoms with Crippen molar-refractivity contribution in [3.05, 3.63) is 76.7 Å². The lowest BCUT2D eigenvalue weighted by molar-refractivity contribution is -0.143. The predicted molar refractivity (Wildman–Crippen MR) is 146 cm³/mol. The van der Waals surface area contributed by atoms with Crippen LogP contribution in [0.1, 0.15) is 42.5 Å². The zero-order chi connectivity index (χ0) is 32.1. The van der Waals surface area contributed by atoms with Crippen LogP contribution in [0.25, 0.3) is 11.1 Å². The highest BCUT2D eigenvalue weighted by molar-refractivity contribution is 6.03. The van der Waals surface area contributed by atoms with Gasteiger partial charge in [-0.05, 0) is 80.3 Å². The molecule has 4 rings (SSSR count). The second-order valence-electron chi connectivity index (χ2n) is 11.2. The lowest BCUT2D eigenvalue weighted by atomic mass is 9.81. The number of aliphatic hydroxyl groups excluding tert-OH is 2. The van der Waals surface area contributed by atoms with Crippen molar-refractivity contribution in [3.63, 3.8) is 0 Å². The summed E-state index contributed by atoms with van der Waals surface area (Å²) in [6, 6.07) is 6.14. The van der Waals surface area contributed by atoms with Gasteiger partial charge in [-0.25, -0.2) is 9.37 Å². The van der Waals surface area contributed by atoms with Gasteiger partial charge in [0.2, 0.25) is 5.91 Å². The molecule has 6 nitrogen and oxygen atoms in total. The Morgan fingerprint density at radius 2 is 1.56 bits per heavy atom. The molecule has 0 radical (unpaired) electrons. The van der Waals surface area contributed by atoms with Gasteiger partial charge in [0.05, 0.1) is 47.2 Å². The van der Waals surface area contributed by atoms with Gasteiger partial charge in [0.25, 0.3) is 0 Å². The monoisotopic (exact) mass is 613 g/mol. The van der Waals surface area contributed by atoms with Crippen LogP contribution >= 0.6 is 0 Å². The van der Waals surface area contributed by atoms with Crippen molar-refractivity contribution in [2.24, 2.45) is 0 Å². The molecule has 0 aliphatic carbocycles. The van der Waals surface area contributed by atoms with Crippen LogP contribution in [0.15, 0.2) is 48.7 Å². The number of amides is 1. The third kappa shape index (κ3) is 6.47. The predicted octanol–water partition coefficient (Wildman–Crippen LogP) is 6.11. The number of hydrogen-bond donors (Lipinski definition) is 2. The van der Waals surface area contributed by atoms with Crippen molar-refractivity contribution in [1.29, 1.82) is 0 Å². The first-order valence-electron chi connectivity index (χ1n) is 13.2. The summed E-state index contributed by atoms with van der Waals surface area (Å²) >= 11 is 0. The first-order chi connectivity index (χ1) is 19.8. The molecular formula is C30H30F7N3O3. The smallest absolute Gasteiger partial charge is 0.394 e. The van der Waals surface area contributed by atoms with Crippen LogP contribution < -0.4 is 9.80 Å². The van der Waals surface area contributed by atoms with E-state index >= 15 is 0 Å². The Hall–Kier alpha value is -3.71. The minimum absolute atomic E-state index is 0.000763. The number of carbonyl (C=O) groups excluding carboxylic acids is 1. The van der Waals surface area contributed by atoms with E-state index in [1.165, 1.54) is 45.3 Å².